The fraction of sp³-hybridized carbons (Fsp3) is 0.385. The Bertz CT molecular complexity index is 465. The Labute approximate surface area is 116 Å². The Morgan fingerprint density at radius 2 is 2.10 bits per heavy atom. The second-order valence-electron chi connectivity index (χ2n) is 4.34. The number of nitrogens with zero attached hydrogens (tertiary/aromatic N) is 1. The SMILES string of the molecule is O=C(O)OC1CCCN(C(=O)OCc2ccccc2)N1. The van der Waals surface area contributed by atoms with Crippen LogP contribution in [0.3, 0.4) is 0 Å². The number of rotatable bonds is 3. The van der Waals surface area contributed by atoms with Gasteiger partial charge in [-0.15, -0.1) is 0 Å². The minimum atomic E-state index is -1.37. The summed E-state index contributed by atoms with van der Waals surface area (Å²) in [7, 11) is 0. The molecule has 1 amide bonds. The third-order valence-electron chi connectivity index (χ3n) is 2.82. The fourth-order valence-electron chi connectivity index (χ4n) is 1.89. The minimum Gasteiger partial charge on any atom is -0.450 e. The quantitative estimate of drug-likeness (QED) is 0.823. The van der Waals surface area contributed by atoms with Crippen molar-refractivity contribution < 1.29 is 24.2 Å². The standard InChI is InChI=1S/C13H16N2O5/c16-12(19-9-10-5-2-1-3-6-10)15-8-4-7-11(14-15)20-13(17)18/h1-3,5-6,11,14H,4,7-9H2,(H,17,18). The van der Waals surface area contributed by atoms with E-state index >= 15 is 0 Å². The highest BCUT2D eigenvalue weighted by Gasteiger charge is 2.26. The maximum absolute atomic E-state index is 11.8. The lowest BCUT2D eigenvalue weighted by atomic mass is 10.2. The van der Waals surface area contributed by atoms with Crippen LogP contribution in [-0.2, 0) is 16.1 Å². The summed E-state index contributed by atoms with van der Waals surface area (Å²) >= 11 is 0. The number of carbonyl (C=O) groups is 2. The molecule has 1 aliphatic heterocycles. The van der Waals surface area contributed by atoms with E-state index in [-0.39, 0.29) is 6.61 Å². The number of carbonyl (C=O) groups excluding carboxylic acids is 1. The summed E-state index contributed by atoms with van der Waals surface area (Å²) in [5.41, 5.74) is 3.56. The molecule has 0 aliphatic carbocycles. The van der Waals surface area contributed by atoms with E-state index in [0.717, 1.165) is 5.56 Å². The Kier molecular flexibility index (Phi) is 4.78. The first-order valence-electron chi connectivity index (χ1n) is 6.29. The molecule has 7 nitrogen and oxygen atoms in total. The zero-order valence-corrected chi connectivity index (χ0v) is 10.8. The minimum absolute atomic E-state index is 0.169. The molecule has 20 heavy (non-hydrogen) atoms. The molecular formula is C13H16N2O5. The van der Waals surface area contributed by atoms with Gasteiger partial charge in [0.2, 0.25) is 0 Å². The molecule has 1 aliphatic rings. The number of ether oxygens (including phenoxy) is 2. The predicted octanol–water partition coefficient (Wildman–Crippen LogP) is 1.94. The highest BCUT2D eigenvalue weighted by Crippen LogP contribution is 2.10. The van der Waals surface area contributed by atoms with Gasteiger partial charge in [0, 0.05) is 13.0 Å². The predicted molar refractivity (Wildman–Crippen MR) is 68.6 cm³/mol. The van der Waals surface area contributed by atoms with E-state index < -0.39 is 18.5 Å². The van der Waals surface area contributed by atoms with Crippen molar-refractivity contribution >= 4 is 12.2 Å². The summed E-state index contributed by atoms with van der Waals surface area (Å²) in [5.74, 6) is 0. The van der Waals surface area contributed by atoms with Gasteiger partial charge in [-0.25, -0.2) is 14.6 Å². The normalized spacial score (nSPS) is 18.4. The molecule has 0 aromatic heterocycles. The molecule has 1 unspecified atom stereocenters. The Hall–Kier alpha value is -2.28. The van der Waals surface area contributed by atoms with Crippen molar-refractivity contribution in [2.24, 2.45) is 0 Å². The molecule has 7 heteroatoms. The van der Waals surface area contributed by atoms with Gasteiger partial charge in [-0.05, 0) is 12.0 Å². The van der Waals surface area contributed by atoms with Crippen LogP contribution in [0.15, 0.2) is 30.3 Å². The number of hydrogen-bond donors (Lipinski definition) is 2. The first kappa shape index (κ1) is 14.1. The molecule has 1 saturated heterocycles. The molecule has 2 N–H and O–H groups in total. The van der Waals surface area contributed by atoms with Crippen molar-refractivity contribution in [3.63, 3.8) is 0 Å². The number of hydrazine groups is 1. The Morgan fingerprint density at radius 1 is 1.35 bits per heavy atom. The zero-order chi connectivity index (χ0) is 14.4. The Balaban J connectivity index is 1.81. The van der Waals surface area contributed by atoms with E-state index in [4.69, 9.17) is 9.84 Å². The smallest absolute Gasteiger partial charge is 0.450 e. The van der Waals surface area contributed by atoms with Gasteiger partial charge in [0.25, 0.3) is 0 Å². The highest BCUT2D eigenvalue weighted by atomic mass is 16.7. The summed E-state index contributed by atoms with van der Waals surface area (Å²) in [6.45, 7) is 0.620. The number of hydrogen-bond acceptors (Lipinski definition) is 5. The van der Waals surface area contributed by atoms with Crippen LogP contribution < -0.4 is 5.43 Å². The summed E-state index contributed by atoms with van der Waals surface area (Å²) in [6, 6.07) is 9.31. The maximum Gasteiger partial charge on any atom is 0.507 e. The molecule has 108 valence electrons. The van der Waals surface area contributed by atoms with Crippen molar-refractivity contribution in [3.05, 3.63) is 35.9 Å². The van der Waals surface area contributed by atoms with Gasteiger partial charge in [0.1, 0.15) is 6.61 Å². The largest absolute Gasteiger partial charge is 0.507 e. The van der Waals surface area contributed by atoms with Crippen LogP contribution in [0.5, 0.6) is 0 Å². The first-order valence-corrected chi connectivity index (χ1v) is 6.29. The monoisotopic (exact) mass is 280 g/mol. The summed E-state index contributed by atoms with van der Waals surface area (Å²) < 4.78 is 9.73. The molecule has 1 fully saturated rings. The van der Waals surface area contributed by atoms with Crippen LogP contribution in [0.25, 0.3) is 0 Å². The zero-order valence-electron chi connectivity index (χ0n) is 10.8. The second-order valence-corrected chi connectivity index (χ2v) is 4.34. The average molecular weight is 280 g/mol. The van der Waals surface area contributed by atoms with Gasteiger partial charge < -0.3 is 14.6 Å². The fourth-order valence-corrected chi connectivity index (χ4v) is 1.89. The van der Waals surface area contributed by atoms with Crippen LogP contribution >= 0.6 is 0 Å². The van der Waals surface area contributed by atoms with Crippen molar-refractivity contribution in [1.29, 1.82) is 0 Å². The lowest BCUT2D eigenvalue weighted by Gasteiger charge is -2.31. The third-order valence-corrected chi connectivity index (χ3v) is 2.82. The van der Waals surface area contributed by atoms with Gasteiger partial charge in [-0.1, -0.05) is 30.3 Å². The van der Waals surface area contributed by atoms with E-state index in [2.05, 4.69) is 10.2 Å². The molecule has 1 heterocycles. The molecule has 1 aromatic carbocycles. The van der Waals surface area contributed by atoms with Crippen molar-refractivity contribution in [2.75, 3.05) is 6.54 Å². The molecule has 1 aromatic rings. The second kappa shape index (κ2) is 6.76. The topological polar surface area (TPSA) is 88.1 Å². The van der Waals surface area contributed by atoms with Gasteiger partial charge in [0.15, 0.2) is 6.23 Å². The van der Waals surface area contributed by atoms with E-state index in [9.17, 15) is 9.59 Å². The highest BCUT2D eigenvalue weighted by molar-refractivity contribution is 5.67. The molecular weight excluding hydrogens is 264 g/mol. The summed E-state index contributed by atoms with van der Waals surface area (Å²) in [5, 5.41) is 9.78. The maximum atomic E-state index is 11.8. The molecule has 0 radical (unpaired) electrons. The number of carboxylic acid groups (broad SMARTS) is 1. The Morgan fingerprint density at radius 3 is 2.80 bits per heavy atom. The molecule has 0 saturated carbocycles. The summed E-state index contributed by atoms with van der Waals surface area (Å²) in [6.07, 6.45) is -1.47. The molecule has 1 atom stereocenters. The van der Waals surface area contributed by atoms with Crippen molar-refractivity contribution in [1.82, 2.24) is 10.4 Å². The van der Waals surface area contributed by atoms with Crippen LogP contribution in [0, 0.1) is 0 Å². The van der Waals surface area contributed by atoms with Gasteiger partial charge in [-0.3, -0.25) is 0 Å². The van der Waals surface area contributed by atoms with Gasteiger partial charge in [0.05, 0.1) is 0 Å². The molecule has 0 spiro atoms. The molecule has 0 bridgehead atoms. The summed E-state index contributed by atoms with van der Waals surface area (Å²) in [4.78, 5) is 22.3. The van der Waals surface area contributed by atoms with E-state index in [1.54, 1.807) is 0 Å². The van der Waals surface area contributed by atoms with E-state index in [1.165, 1.54) is 5.01 Å². The number of benzene rings is 1. The van der Waals surface area contributed by atoms with Crippen LogP contribution in [0.4, 0.5) is 9.59 Å². The first-order chi connectivity index (χ1) is 9.65. The average Bonchev–Trinajstić information content (AvgIpc) is 2.45. The number of amides is 1. The third kappa shape index (κ3) is 4.13. The van der Waals surface area contributed by atoms with E-state index in [1.807, 2.05) is 30.3 Å². The number of nitrogens with one attached hydrogen (secondary N) is 1. The molecule has 2 rings (SSSR count). The lowest BCUT2D eigenvalue weighted by Crippen LogP contribution is -2.53. The van der Waals surface area contributed by atoms with Gasteiger partial charge in [-0.2, -0.15) is 5.43 Å². The van der Waals surface area contributed by atoms with Crippen molar-refractivity contribution in [2.45, 2.75) is 25.7 Å². The van der Waals surface area contributed by atoms with Gasteiger partial charge >= 0.3 is 12.2 Å². The van der Waals surface area contributed by atoms with Crippen LogP contribution in [0.1, 0.15) is 18.4 Å². The van der Waals surface area contributed by atoms with Crippen LogP contribution in [0.2, 0.25) is 0 Å². The van der Waals surface area contributed by atoms with E-state index in [0.29, 0.717) is 19.4 Å². The van der Waals surface area contributed by atoms with Crippen LogP contribution in [-0.4, -0.2) is 35.1 Å². The lowest BCUT2D eigenvalue weighted by molar-refractivity contribution is -0.0342. The van der Waals surface area contributed by atoms with Crippen molar-refractivity contribution in [3.8, 4) is 0 Å².